The van der Waals surface area contributed by atoms with Crippen LogP contribution in [0.15, 0.2) is 41.9 Å². The van der Waals surface area contributed by atoms with Crippen molar-refractivity contribution in [2.24, 2.45) is 5.10 Å². The van der Waals surface area contributed by atoms with Crippen LogP contribution in [-0.2, 0) is 9.53 Å². The molecular weight excluding hydrogens is 228 g/mol. The van der Waals surface area contributed by atoms with E-state index >= 15 is 0 Å². The quantitative estimate of drug-likeness (QED) is 0.352. The van der Waals surface area contributed by atoms with Gasteiger partial charge in [-0.2, -0.15) is 5.10 Å². The molecule has 0 unspecified atom stereocenters. The van der Waals surface area contributed by atoms with Crippen molar-refractivity contribution in [3.63, 3.8) is 0 Å². The number of nitrogens with zero attached hydrogens (tertiary/aromatic N) is 1. The average Bonchev–Trinajstić information content (AvgIpc) is 2.58. The summed E-state index contributed by atoms with van der Waals surface area (Å²) >= 11 is 0. The van der Waals surface area contributed by atoms with E-state index in [9.17, 15) is 4.79 Å². The number of hydrazone groups is 1. The van der Waals surface area contributed by atoms with Gasteiger partial charge >= 0.3 is 0 Å². The predicted molar refractivity (Wildman–Crippen MR) is 73.1 cm³/mol. The van der Waals surface area contributed by atoms with Crippen LogP contribution in [0.5, 0.6) is 0 Å². The number of carbonyl (C=O) groups is 1. The van der Waals surface area contributed by atoms with Crippen LogP contribution in [0, 0.1) is 0 Å². The van der Waals surface area contributed by atoms with Crippen molar-refractivity contribution in [1.29, 1.82) is 0 Å². The Balaban J connectivity index is 2.51. The number of hydrogen-bond donors (Lipinski definition) is 1. The van der Waals surface area contributed by atoms with Crippen molar-refractivity contribution in [1.82, 2.24) is 5.43 Å². The van der Waals surface area contributed by atoms with Gasteiger partial charge in [-0.25, -0.2) is 0 Å². The van der Waals surface area contributed by atoms with Crippen LogP contribution in [0.2, 0.25) is 0 Å². The standard InChI is InChI=1S/C14H20N2O2/c1-11(9-10-12(2)18-3)15-16-13-7-5-4-6-8-14(13)17/h9-10,15H,1-2,4-8H2,3H3/b10-9-,16-13+. The zero-order valence-corrected chi connectivity index (χ0v) is 10.9. The van der Waals surface area contributed by atoms with E-state index in [0.29, 0.717) is 23.6 Å². The van der Waals surface area contributed by atoms with Crippen LogP contribution in [-0.4, -0.2) is 18.6 Å². The number of ether oxygens (including phenoxy) is 1. The first-order chi connectivity index (χ1) is 8.63. The number of rotatable bonds is 5. The first-order valence-corrected chi connectivity index (χ1v) is 6.09. The number of carbonyl (C=O) groups excluding carboxylic acids is 1. The Kier molecular flexibility index (Phi) is 5.91. The van der Waals surface area contributed by atoms with Crippen molar-refractivity contribution in [2.75, 3.05) is 7.11 Å². The SMILES string of the molecule is C=C(/C=C\C(=C)OC)N/N=C1\CCCCCC1=O. The molecule has 1 aliphatic rings. The second kappa shape index (κ2) is 7.48. The lowest BCUT2D eigenvalue weighted by atomic mass is 10.1. The molecule has 0 aliphatic heterocycles. The Morgan fingerprint density at radius 2 is 2.00 bits per heavy atom. The molecule has 0 radical (unpaired) electrons. The fourth-order valence-corrected chi connectivity index (χ4v) is 1.59. The zero-order valence-electron chi connectivity index (χ0n) is 10.9. The molecule has 0 amide bonds. The smallest absolute Gasteiger partial charge is 0.178 e. The molecule has 0 aromatic heterocycles. The van der Waals surface area contributed by atoms with Gasteiger partial charge in [-0.1, -0.05) is 19.6 Å². The van der Waals surface area contributed by atoms with Gasteiger partial charge in [0.25, 0.3) is 0 Å². The van der Waals surface area contributed by atoms with Crippen LogP contribution in [0.3, 0.4) is 0 Å². The molecule has 1 aliphatic carbocycles. The van der Waals surface area contributed by atoms with Gasteiger partial charge in [0.05, 0.1) is 7.11 Å². The van der Waals surface area contributed by atoms with Crippen molar-refractivity contribution in [3.8, 4) is 0 Å². The molecule has 98 valence electrons. The molecule has 0 atom stereocenters. The molecule has 1 rings (SSSR count). The van der Waals surface area contributed by atoms with Crippen LogP contribution in [0.1, 0.15) is 32.1 Å². The molecular formula is C14H20N2O2. The molecule has 0 heterocycles. The molecule has 0 spiro atoms. The van der Waals surface area contributed by atoms with Gasteiger partial charge in [-0.3, -0.25) is 10.2 Å². The Morgan fingerprint density at radius 3 is 2.72 bits per heavy atom. The van der Waals surface area contributed by atoms with Gasteiger partial charge in [0, 0.05) is 12.1 Å². The second-order valence-corrected chi connectivity index (χ2v) is 4.18. The number of allylic oxidation sites excluding steroid dienone is 2. The van der Waals surface area contributed by atoms with E-state index in [2.05, 4.69) is 23.7 Å². The molecule has 1 fully saturated rings. The largest absolute Gasteiger partial charge is 0.497 e. The molecule has 0 bridgehead atoms. The first kappa shape index (κ1) is 14.2. The van der Waals surface area contributed by atoms with E-state index in [-0.39, 0.29) is 5.78 Å². The maximum Gasteiger partial charge on any atom is 0.178 e. The van der Waals surface area contributed by atoms with Gasteiger partial charge in [-0.05, 0) is 31.4 Å². The molecule has 0 aromatic rings. The summed E-state index contributed by atoms with van der Waals surface area (Å²) in [6.45, 7) is 7.43. The van der Waals surface area contributed by atoms with Crippen LogP contribution >= 0.6 is 0 Å². The predicted octanol–water partition coefficient (Wildman–Crippen LogP) is 2.70. The van der Waals surface area contributed by atoms with Gasteiger partial charge in [0.1, 0.15) is 11.5 Å². The van der Waals surface area contributed by atoms with E-state index in [1.807, 2.05) is 0 Å². The summed E-state index contributed by atoms with van der Waals surface area (Å²) in [5, 5.41) is 4.12. The normalized spacial score (nSPS) is 18.7. The van der Waals surface area contributed by atoms with E-state index in [0.717, 1.165) is 25.7 Å². The van der Waals surface area contributed by atoms with E-state index in [1.165, 1.54) is 0 Å². The fraction of sp³-hybridized carbons (Fsp3) is 0.429. The highest BCUT2D eigenvalue weighted by Crippen LogP contribution is 2.12. The summed E-state index contributed by atoms with van der Waals surface area (Å²) in [6, 6.07) is 0. The number of Topliss-reactive ketones (excluding diaryl/α,β-unsaturated/α-hetero) is 1. The number of ketones is 1. The summed E-state index contributed by atoms with van der Waals surface area (Å²) in [5.74, 6) is 0.675. The monoisotopic (exact) mass is 248 g/mol. The molecule has 4 nitrogen and oxygen atoms in total. The van der Waals surface area contributed by atoms with Crippen molar-refractivity contribution < 1.29 is 9.53 Å². The second-order valence-electron chi connectivity index (χ2n) is 4.18. The van der Waals surface area contributed by atoms with Crippen LogP contribution in [0.4, 0.5) is 0 Å². The van der Waals surface area contributed by atoms with Gasteiger partial charge in [0.15, 0.2) is 5.78 Å². The minimum atomic E-state index is 0.137. The number of nitrogens with one attached hydrogen (secondary N) is 1. The lowest BCUT2D eigenvalue weighted by Crippen LogP contribution is -2.16. The minimum absolute atomic E-state index is 0.137. The minimum Gasteiger partial charge on any atom is -0.497 e. The third-order valence-corrected chi connectivity index (χ3v) is 2.71. The molecule has 0 saturated heterocycles. The maximum absolute atomic E-state index is 11.7. The molecule has 1 N–H and O–H groups in total. The van der Waals surface area contributed by atoms with Crippen LogP contribution in [0.25, 0.3) is 0 Å². The summed E-state index contributed by atoms with van der Waals surface area (Å²) in [6.07, 6.45) is 7.82. The summed E-state index contributed by atoms with van der Waals surface area (Å²) < 4.78 is 4.89. The van der Waals surface area contributed by atoms with Gasteiger partial charge in [0.2, 0.25) is 0 Å². The topological polar surface area (TPSA) is 50.7 Å². The number of methoxy groups -OCH3 is 1. The van der Waals surface area contributed by atoms with Gasteiger partial charge < -0.3 is 4.74 Å². The van der Waals surface area contributed by atoms with Crippen molar-refractivity contribution in [3.05, 3.63) is 36.8 Å². The lowest BCUT2D eigenvalue weighted by molar-refractivity contribution is -0.113. The highest BCUT2D eigenvalue weighted by molar-refractivity contribution is 6.39. The van der Waals surface area contributed by atoms with Gasteiger partial charge in [-0.15, -0.1) is 0 Å². The van der Waals surface area contributed by atoms with Crippen LogP contribution < -0.4 is 5.43 Å². The van der Waals surface area contributed by atoms with E-state index in [1.54, 1.807) is 19.3 Å². The Hall–Kier alpha value is -1.84. The third-order valence-electron chi connectivity index (χ3n) is 2.71. The van der Waals surface area contributed by atoms with E-state index < -0.39 is 0 Å². The lowest BCUT2D eigenvalue weighted by Gasteiger charge is -2.03. The summed E-state index contributed by atoms with van der Waals surface area (Å²) in [5.41, 5.74) is 3.99. The first-order valence-electron chi connectivity index (χ1n) is 6.09. The number of hydrogen-bond acceptors (Lipinski definition) is 4. The Labute approximate surface area is 108 Å². The molecule has 0 aromatic carbocycles. The fourth-order valence-electron chi connectivity index (χ4n) is 1.59. The zero-order chi connectivity index (χ0) is 13.4. The highest BCUT2D eigenvalue weighted by atomic mass is 16.5. The average molecular weight is 248 g/mol. The molecule has 18 heavy (non-hydrogen) atoms. The summed E-state index contributed by atoms with van der Waals surface area (Å²) in [4.78, 5) is 11.7. The molecule has 4 heteroatoms. The maximum atomic E-state index is 11.7. The highest BCUT2D eigenvalue weighted by Gasteiger charge is 2.14. The molecule has 1 saturated carbocycles. The Bertz CT molecular complexity index is 395. The van der Waals surface area contributed by atoms with Crippen molar-refractivity contribution in [2.45, 2.75) is 32.1 Å². The third kappa shape index (κ3) is 4.99. The van der Waals surface area contributed by atoms with E-state index in [4.69, 9.17) is 4.74 Å². The van der Waals surface area contributed by atoms with Crippen molar-refractivity contribution >= 4 is 11.5 Å². The Morgan fingerprint density at radius 1 is 1.28 bits per heavy atom. The summed E-state index contributed by atoms with van der Waals surface area (Å²) in [7, 11) is 1.55.